The number of aryl methyl sites for hydroxylation is 1. The summed E-state index contributed by atoms with van der Waals surface area (Å²) in [4.78, 5) is 12.3. The van der Waals surface area contributed by atoms with Crippen LogP contribution in [0.5, 0.6) is 17.2 Å². The molecule has 132 valence electrons. The molecule has 0 radical (unpaired) electrons. The second-order valence-corrected chi connectivity index (χ2v) is 6.20. The van der Waals surface area contributed by atoms with Gasteiger partial charge >= 0.3 is 0 Å². The van der Waals surface area contributed by atoms with Crippen LogP contribution in [-0.2, 0) is 17.6 Å². The number of benzene rings is 2. The van der Waals surface area contributed by atoms with Crippen LogP contribution in [0.15, 0.2) is 36.4 Å². The Kier molecular flexibility index (Phi) is 5.12. The van der Waals surface area contributed by atoms with E-state index in [2.05, 4.69) is 5.32 Å². The molecule has 25 heavy (non-hydrogen) atoms. The molecule has 1 amide bonds. The van der Waals surface area contributed by atoms with Crippen LogP contribution in [0.1, 0.15) is 31.4 Å². The van der Waals surface area contributed by atoms with Crippen LogP contribution in [0.3, 0.4) is 0 Å². The number of nitrogens with one attached hydrogen (secondary N) is 1. The zero-order valence-electron chi connectivity index (χ0n) is 14.5. The number of carbonyl (C=O) groups is 1. The lowest BCUT2D eigenvalue weighted by atomic mass is 10.1. The molecule has 5 nitrogen and oxygen atoms in total. The van der Waals surface area contributed by atoms with Gasteiger partial charge in [0.25, 0.3) is 0 Å². The number of phenols is 1. The van der Waals surface area contributed by atoms with Gasteiger partial charge in [-0.25, -0.2) is 0 Å². The smallest absolute Gasteiger partial charge is 0.224 e. The number of hydrogen-bond donors (Lipinski definition) is 2. The zero-order chi connectivity index (χ0) is 17.8. The molecule has 0 saturated carbocycles. The molecule has 0 fully saturated rings. The van der Waals surface area contributed by atoms with E-state index in [1.54, 1.807) is 12.1 Å². The van der Waals surface area contributed by atoms with Crippen molar-refractivity contribution in [1.82, 2.24) is 0 Å². The molecule has 0 aromatic heterocycles. The lowest BCUT2D eigenvalue weighted by Gasteiger charge is -2.13. The van der Waals surface area contributed by atoms with Gasteiger partial charge in [-0.15, -0.1) is 0 Å². The van der Waals surface area contributed by atoms with Crippen molar-refractivity contribution in [1.29, 1.82) is 0 Å². The molecule has 2 aromatic rings. The van der Waals surface area contributed by atoms with E-state index in [1.165, 1.54) is 0 Å². The van der Waals surface area contributed by atoms with E-state index in [9.17, 15) is 9.90 Å². The largest absolute Gasteiger partial charge is 0.508 e. The molecule has 2 N–H and O–H groups in total. The molecule has 2 aromatic carbocycles. The van der Waals surface area contributed by atoms with Crippen LogP contribution in [0.4, 0.5) is 5.69 Å². The first-order chi connectivity index (χ1) is 12.1. The number of amides is 1. The van der Waals surface area contributed by atoms with Crippen LogP contribution in [0, 0.1) is 0 Å². The third-order valence-electron chi connectivity index (χ3n) is 4.19. The van der Waals surface area contributed by atoms with E-state index < -0.39 is 0 Å². The maximum absolute atomic E-state index is 12.3. The molecule has 1 heterocycles. The number of carbonyl (C=O) groups excluding carboxylic acids is 1. The van der Waals surface area contributed by atoms with Gasteiger partial charge in [0, 0.05) is 24.5 Å². The predicted octanol–water partition coefficient (Wildman–Crippen LogP) is 3.69. The Balaban J connectivity index is 1.70. The van der Waals surface area contributed by atoms with Crippen LogP contribution in [-0.4, -0.2) is 23.7 Å². The van der Waals surface area contributed by atoms with Crippen LogP contribution < -0.4 is 14.8 Å². The molecule has 1 atom stereocenters. The number of aromatic hydroxyl groups is 1. The number of ether oxygens (including phenoxy) is 2. The first-order valence-electron chi connectivity index (χ1n) is 8.60. The number of phenolic OH excluding ortho intramolecular Hbond substituents is 1. The van der Waals surface area contributed by atoms with E-state index in [0.717, 1.165) is 23.3 Å². The standard InChI is InChI=1S/C20H23NO4/c1-3-24-19-11-15-10-13(2)25-18(15)12-16(19)21-20(23)9-8-14-6-4-5-7-17(14)22/h4-7,11-13,22H,3,8-10H2,1-2H3,(H,21,23). The zero-order valence-corrected chi connectivity index (χ0v) is 14.5. The first kappa shape index (κ1) is 17.1. The maximum atomic E-state index is 12.3. The van der Waals surface area contributed by atoms with Crippen LogP contribution >= 0.6 is 0 Å². The Hall–Kier alpha value is -2.69. The number of anilines is 1. The first-order valence-corrected chi connectivity index (χ1v) is 8.60. The minimum Gasteiger partial charge on any atom is -0.508 e. The molecule has 1 aliphatic heterocycles. The lowest BCUT2D eigenvalue weighted by Crippen LogP contribution is -2.13. The predicted molar refractivity (Wildman–Crippen MR) is 96.5 cm³/mol. The molecule has 1 aliphatic rings. The summed E-state index contributed by atoms with van der Waals surface area (Å²) in [6.07, 6.45) is 1.73. The second-order valence-electron chi connectivity index (χ2n) is 6.20. The van der Waals surface area contributed by atoms with Gasteiger partial charge in [-0.3, -0.25) is 4.79 Å². The monoisotopic (exact) mass is 341 g/mol. The summed E-state index contributed by atoms with van der Waals surface area (Å²) < 4.78 is 11.4. The number of rotatable bonds is 6. The van der Waals surface area contributed by atoms with Gasteiger partial charge in [0.1, 0.15) is 23.4 Å². The van der Waals surface area contributed by atoms with Crippen molar-refractivity contribution < 1.29 is 19.4 Å². The molecular formula is C20H23NO4. The van der Waals surface area contributed by atoms with Gasteiger partial charge < -0.3 is 19.9 Å². The van der Waals surface area contributed by atoms with Crippen molar-refractivity contribution in [3.63, 3.8) is 0 Å². The SMILES string of the molecule is CCOc1cc2c(cc1NC(=O)CCc1ccccc1O)OC(C)C2. The van der Waals surface area contributed by atoms with E-state index in [-0.39, 0.29) is 24.2 Å². The third-order valence-corrected chi connectivity index (χ3v) is 4.19. The van der Waals surface area contributed by atoms with Crippen LogP contribution in [0.25, 0.3) is 0 Å². The van der Waals surface area contributed by atoms with E-state index in [4.69, 9.17) is 9.47 Å². The number of fused-ring (bicyclic) bond motifs is 1. The summed E-state index contributed by atoms with van der Waals surface area (Å²) in [5.41, 5.74) is 2.48. The Bertz CT molecular complexity index is 772. The minimum absolute atomic E-state index is 0.129. The summed E-state index contributed by atoms with van der Waals surface area (Å²) in [5, 5.41) is 12.7. The molecule has 5 heteroatoms. The highest BCUT2D eigenvalue weighted by molar-refractivity contribution is 5.93. The molecule has 1 unspecified atom stereocenters. The quantitative estimate of drug-likeness (QED) is 0.841. The Labute approximate surface area is 147 Å². The maximum Gasteiger partial charge on any atom is 0.224 e. The van der Waals surface area contributed by atoms with Crippen molar-refractivity contribution in [2.45, 2.75) is 39.2 Å². The second kappa shape index (κ2) is 7.47. The topological polar surface area (TPSA) is 67.8 Å². The fourth-order valence-electron chi connectivity index (χ4n) is 3.00. The molecule has 0 saturated heterocycles. The Morgan fingerprint density at radius 2 is 2.16 bits per heavy atom. The van der Waals surface area contributed by atoms with Crippen molar-refractivity contribution in [3.05, 3.63) is 47.5 Å². The van der Waals surface area contributed by atoms with Gasteiger partial charge in [0.15, 0.2) is 0 Å². The average molecular weight is 341 g/mol. The van der Waals surface area contributed by atoms with E-state index in [1.807, 2.05) is 38.1 Å². The molecule has 0 aliphatic carbocycles. The van der Waals surface area contributed by atoms with Crippen molar-refractivity contribution in [2.24, 2.45) is 0 Å². The van der Waals surface area contributed by atoms with Gasteiger partial charge in [-0.05, 0) is 38.0 Å². The van der Waals surface area contributed by atoms with Crippen LogP contribution in [0.2, 0.25) is 0 Å². The Morgan fingerprint density at radius 3 is 2.92 bits per heavy atom. The highest BCUT2D eigenvalue weighted by Crippen LogP contribution is 2.38. The van der Waals surface area contributed by atoms with Gasteiger partial charge in [-0.2, -0.15) is 0 Å². The van der Waals surface area contributed by atoms with Gasteiger partial charge in [0.05, 0.1) is 12.3 Å². The summed E-state index contributed by atoms with van der Waals surface area (Å²) in [5.74, 6) is 1.54. The normalized spacial score (nSPS) is 15.4. The van der Waals surface area contributed by atoms with Crippen molar-refractivity contribution in [3.8, 4) is 17.2 Å². The molecule has 0 spiro atoms. The van der Waals surface area contributed by atoms with Crippen molar-refractivity contribution in [2.75, 3.05) is 11.9 Å². The number of hydrogen-bond acceptors (Lipinski definition) is 4. The average Bonchev–Trinajstić information content (AvgIpc) is 2.93. The van der Waals surface area contributed by atoms with Gasteiger partial charge in [-0.1, -0.05) is 18.2 Å². The van der Waals surface area contributed by atoms with E-state index >= 15 is 0 Å². The summed E-state index contributed by atoms with van der Waals surface area (Å²) in [6, 6.07) is 10.8. The summed E-state index contributed by atoms with van der Waals surface area (Å²) in [6.45, 7) is 4.46. The minimum atomic E-state index is -0.129. The molecule has 3 rings (SSSR count). The Morgan fingerprint density at radius 1 is 1.36 bits per heavy atom. The van der Waals surface area contributed by atoms with E-state index in [0.29, 0.717) is 24.5 Å². The summed E-state index contributed by atoms with van der Waals surface area (Å²) in [7, 11) is 0. The number of para-hydroxylation sites is 1. The molecular weight excluding hydrogens is 318 g/mol. The highest BCUT2D eigenvalue weighted by Gasteiger charge is 2.22. The highest BCUT2D eigenvalue weighted by atomic mass is 16.5. The fraction of sp³-hybridized carbons (Fsp3) is 0.350. The third kappa shape index (κ3) is 4.05. The van der Waals surface area contributed by atoms with Gasteiger partial charge in [0.2, 0.25) is 5.91 Å². The van der Waals surface area contributed by atoms with Crippen molar-refractivity contribution >= 4 is 11.6 Å². The lowest BCUT2D eigenvalue weighted by molar-refractivity contribution is -0.116. The molecule has 0 bridgehead atoms. The summed E-state index contributed by atoms with van der Waals surface area (Å²) >= 11 is 0. The fourth-order valence-corrected chi connectivity index (χ4v) is 3.00.